The normalized spacial score (nSPS) is 13.7. The lowest BCUT2D eigenvalue weighted by molar-refractivity contribution is -0.149. The lowest BCUT2D eigenvalue weighted by atomic mass is 9.98. The minimum absolute atomic E-state index is 0.257. The Balaban J connectivity index is 2.39. The van der Waals surface area contributed by atoms with Crippen LogP contribution in [0.5, 0.6) is 0 Å². The van der Waals surface area contributed by atoms with E-state index in [4.69, 9.17) is 16.3 Å². The Kier molecular flexibility index (Phi) is 5.86. The van der Waals surface area contributed by atoms with Crippen LogP contribution in [0, 0.1) is 11.8 Å². The summed E-state index contributed by atoms with van der Waals surface area (Å²) in [4.78, 5) is 22.6. The predicted octanol–water partition coefficient (Wildman–Crippen LogP) is 3.16. The van der Waals surface area contributed by atoms with Crippen LogP contribution in [-0.2, 0) is 20.9 Å². The predicted molar refractivity (Wildman–Crippen MR) is 70.0 cm³/mol. The Labute approximate surface area is 112 Å². The molecule has 0 radical (unpaired) electrons. The Morgan fingerprint density at radius 3 is 2.33 bits per heavy atom. The second-order valence-electron chi connectivity index (χ2n) is 4.44. The molecule has 4 heteroatoms. The highest BCUT2D eigenvalue weighted by molar-refractivity contribution is 6.63. The van der Waals surface area contributed by atoms with Crippen molar-refractivity contribution in [3.8, 4) is 0 Å². The Hall–Kier alpha value is -1.35. The van der Waals surface area contributed by atoms with E-state index >= 15 is 0 Å². The van der Waals surface area contributed by atoms with E-state index in [2.05, 4.69) is 0 Å². The van der Waals surface area contributed by atoms with Gasteiger partial charge in [0, 0.05) is 5.92 Å². The summed E-state index contributed by atoms with van der Waals surface area (Å²) in [6, 6.07) is 9.47. The van der Waals surface area contributed by atoms with Crippen molar-refractivity contribution in [3.63, 3.8) is 0 Å². The summed E-state index contributed by atoms with van der Waals surface area (Å²) in [5.74, 6) is -0.957. The van der Waals surface area contributed by atoms with Gasteiger partial charge >= 0.3 is 5.97 Å². The summed E-state index contributed by atoms with van der Waals surface area (Å²) in [5.41, 5.74) is 0.944. The minimum Gasteiger partial charge on any atom is -0.461 e. The van der Waals surface area contributed by atoms with E-state index in [-0.39, 0.29) is 24.4 Å². The van der Waals surface area contributed by atoms with E-state index in [0.717, 1.165) is 5.56 Å². The van der Waals surface area contributed by atoms with Crippen LogP contribution in [0.15, 0.2) is 30.3 Å². The fourth-order valence-electron chi connectivity index (χ4n) is 1.59. The zero-order chi connectivity index (χ0) is 13.5. The molecule has 0 aliphatic carbocycles. The van der Waals surface area contributed by atoms with Crippen LogP contribution in [-0.4, -0.2) is 11.2 Å². The molecular weight excluding hydrogens is 252 g/mol. The van der Waals surface area contributed by atoms with Crippen molar-refractivity contribution < 1.29 is 14.3 Å². The molecule has 0 aliphatic rings. The van der Waals surface area contributed by atoms with E-state index in [1.54, 1.807) is 13.8 Å². The van der Waals surface area contributed by atoms with Crippen molar-refractivity contribution in [2.24, 2.45) is 11.8 Å². The third-order valence-corrected chi connectivity index (χ3v) is 3.09. The molecule has 0 saturated carbocycles. The van der Waals surface area contributed by atoms with Gasteiger partial charge in [0.15, 0.2) is 0 Å². The first-order valence-electron chi connectivity index (χ1n) is 5.90. The highest BCUT2D eigenvalue weighted by Crippen LogP contribution is 2.16. The molecule has 18 heavy (non-hydrogen) atoms. The number of carbonyl (C=O) groups excluding carboxylic acids is 2. The number of halogens is 1. The summed E-state index contributed by atoms with van der Waals surface area (Å²) >= 11 is 5.36. The van der Waals surface area contributed by atoms with E-state index in [1.807, 2.05) is 30.3 Å². The summed E-state index contributed by atoms with van der Waals surface area (Å²) in [7, 11) is 0. The molecule has 0 unspecified atom stereocenters. The number of carbonyl (C=O) groups is 2. The SMILES string of the molecule is C[C@H](C[C@@H](C)C(=O)OCc1ccccc1)C(=O)Cl. The van der Waals surface area contributed by atoms with Gasteiger partial charge in [-0.05, 0) is 23.6 Å². The maximum Gasteiger partial charge on any atom is 0.309 e. The highest BCUT2D eigenvalue weighted by Gasteiger charge is 2.20. The van der Waals surface area contributed by atoms with Gasteiger partial charge in [-0.2, -0.15) is 0 Å². The molecular formula is C14H17ClO3. The average molecular weight is 269 g/mol. The van der Waals surface area contributed by atoms with E-state index in [1.165, 1.54) is 0 Å². The molecule has 1 aromatic carbocycles. The molecule has 0 saturated heterocycles. The lowest BCUT2D eigenvalue weighted by Crippen LogP contribution is -2.19. The summed E-state index contributed by atoms with van der Waals surface area (Å²) < 4.78 is 5.18. The number of esters is 1. The fourth-order valence-corrected chi connectivity index (χ4v) is 1.68. The Morgan fingerprint density at radius 2 is 1.78 bits per heavy atom. The van der Waals surface area contributed by atoms with E-state index < -0.39 is 5.24 Å². The first-order valence-corrected chi connectivity index (χ1v) is 6.28. The van der Waals surface area contributed by atoms with Gasteiger partial charge in [0.2, 0.25) is 5.24 Å². The standard InChI is InChI=1S/C14H17ClO3/c1-10(13(15)16)8-11(2)14(17)18-9-12-6-4-3-5-7-12/h3-7,10-11H,8-9H2,1-2H3/t10-,11-/m1/s1. The quantitative estimate of drug-likeness (QED) is 0.588. The van der Waals surface area contributed by atoms with Gasteiger partial charge in [0.25, 0.3) is 0 Å². The number of ether oxygens (including phenoxy) is 1. The first-order chi connectivity index (χ1) is 8.50. The van der Waals surface area contributed by atoms with Gasteiger partial charge in [-0.25, -0.2) is 0 Å². The van der Waals surface area contributed by atoms with Crippen molar-refractivity contribution in [2.75, 3.05) is 0 Å². The van der Waals surface area contributed by atoms with Gasteiger partial charge in [-0.3, -0.25) is 9.59 Å². The number of benzene rings is 1. The van der Waals surface area contributed by atoms with Crippen LogP contribution in [0.1, 0.15) is 25.8 Å². The van der Waals surface area contributed by atoms with Crippen LogP contribution in [0.4, 0.5) is 0 Å². The molecule has 0 fully saturated rings. The van der Waals surface area contributed by atoms with Crippen LogP contribution >= 0.6 is 11.6 Å². The second-order valence-corrected chi connectivity index (χ2v) is 4.81. The molecule has 0 amide bonds. The molecule has 0 aliphatic heterocycles. The molecule has 0 N–H and O–H groups in total. The third-order valence-electron chi connectivity index (χ3n) is 2.72. The zero-order valence-electron chi connectivity index (χ0n) is 10.6. The maximum absolute atomic E-state index is 11.7. The zero-order valence-corrected chi connectivity index (χ0v) is 11.3. The van der Waals surface area contributed by atoms with Gasteiger partial charge in [0.05, 0.1) is 5.92 Å². The molecule has 0 spiro atoms. The fraction of sp³-hybridized carbons (Fsp3) is 0.429. The molecule has 1 rings (SSSR count). The van der Waals surface area contributed by atoms with E-state index in [9.17, 15) is 9.59 Å². The van der Waals surface area contributed by atoms with Gasteiger partial charge in [-0.15, -0.1) is 0 Å². The summed E-state index contributed by atoms with van der Waals surface area (Å²) in [5, 5.41) is -0.419. The third kappa shape index (κ3) is 4.88. The van der Waals surface area contributed by atoms with Gasteiger partial charge < -0.3 is 4.74 Å². The molecule has 98 valence electrons. The van der Waals surface area contributed by atoms with Gasteiger partial charge in [0.1, 0.15) is 6.61 Å². The average Bonchev–Trinajstić information content (AvgIpc) is 2.36. The van der Waals surface area contributed by atoms with Crippen molar-refractivity contribution >= 4 is 22.8 Å². The molecule has 0 aromatic heterocycles. The smallest absolute Gasteiger partial charge is 0.309 e. The van der Waals surface area contributed by atoms with Crippen molar-refractivity contribution in [1.82, 2.24) is 0 Å². The molecule has 3 nitrogen and oxygen atoms in total. The van der Waals surface area contributed by atoms with Crippen molar-refractivity contribution in [3.05, 3.63) is 35.9 Å². The second kappa shape index (κ2) is 7.17. The van der Waals surface area contributed by atoms with Crippen molar-refractivity contribution in [2.45, 2.75) is 26.9 Å². The Morgan fingerprint density at radius 1 is 1.17 bits per heavy atom. The van der Waals surface area contributed by atoms with E-state index in [0.29, 0.717) is 6.42 Å². The Bertz CT molecular complexity index is 403. The van der Waals surface area contributed by atoms with Crippen LogP contribution in [0.2, 0.25) is 0 Å². The molecule has 0 heterocycles. The largest absolute Gasteiger partial charge is 0.461 e. The monoisotopic (exact) mass is 268 g/mol. The number of hydrogen-bond acceptors (Lipinski definition) is 3. The summed E-state index contributed by atoms with van der Waals surface area (Å²) in [6.07, 6.45) is 0.413. The summed E-state index contributed by atoms with van der Waals surface area (Å²) in [6.45, 7) is 3.70. The first kappa shape index (κ1) is 14.7. The molecule has 2 atom stereocenters. The minimum atomic E-state index is -0.419. The molecule has 1 aromatic rings. The number of rotatable bonds is 6. The highest BCUT2D eigenvalue weighted by atomic mass is 35.5. The lowest BCUT2D eigenvalue weighted by Gasteiger charge is -2.13. The van der Waals surface area contributed by atoms with Crippen LogP contribution in [0.3, 0.4) is 0 Å². The molecule has 0 bridgehead atoms. The number of hydrogen-bond donors (Lipinski definition) is 0. The van der Waals surface area contributed by atoms with Crippen LogP contribution in [0.25, 0.3) is 0 Å². The van der Waals surface area contributed by atoms with Crippen molar-refractivity contribution in [1.29, 1.82) is 0 Å². The van der Waals surface area contributed by atoms with Gasteiger partial charge in [-0.1, -0.05) is 44.2 Å². The maximum atomic E-state index is 11.7. The van der Waals surface area contributed by atoms with Crippen LogP contribution < -0.4 is 0 Å². The topological polar surface area (TPSA) is 43.4 Å².